The van der Waals surface area contributed by atoms with Crippen LogP contribution in [0.4, 0.5) is 5.69 Å². The average Bonchev–Trinajstić information content (AvgIpc) is 2.34. The molecule has 0 aromatic heterocycles. The van der Waals surface area contributed by atoms with Crippen molar-refractivity contribution in [3.8, 4) is 0 Å². The second kappa shape index (κ2) is 7.53. The van der Waals surface area contributed by atoms with E-state index in [1.54, 1.807) is 6.92 Å². The Morgan fingerprint density at radius 3 is 2.74 bits per heavy atom. The highest BCUT2D eigenvalue weighted by atomic mass is 16.4. The molecule has 104 valence electrons. The second-order valence-corrected chi connectivity index (χ2v) is 4.54. The van der Waals surface area contributed by atoms with Crippen LogP contribution in [0.25, 0.3) is 0 Å². The molecule has 1 amide bonds. The van der Waals surface area contributed by atoms with Gasteiger partial charge in [0.15, 0.2) is 0 Å². The van der Waals surface area contributed by atoms with Crippen LogP contribution in [0.5, 0.6) is 0 Å². The number of hydrogen-bond donors (Lipinski definition) is 3. The van der Waals surface area contributed by atoms with Gasteiger partial charge in [-0.05, 0) is 44.5 Å². The number of carbonyl (C=O) groups is 2. The largest absolute Gasteiger partial charge is 0.480 e. The summed E-state index contributed by atoms with van der Waals surface area (Å²) in [6.07, 6.45) is 0.975. The number of carboxylic acids is 1. The van der Waals surface area contributed by atoms with Crippen LogP contribution in [0.2, 0.25) is 0 Å². The summed E-state index contributed by atoms with van der Waals surface area (Å²) in [5, 5.41) is 14.3. The highest BCUT2D eigenvalue weighted by Gasteiger charge is 2.09. The van der Waals surface area contributed by atoms with E-state index in [1.807, 2.05) is 31.2 Å². The van der Waals surface area contributed by atoms with Gasteiger partial charge in [0.25, 0.3) is 0 Å². The Kier molecular flexibility index (Phi) is 6.02. The van der Waals surface area contributed by atoms with Gasteiger partial charge in [-0.25, -0.2) is 0 Å². The summed E-state index contributed by atoms with van der Waals surface area (Å²) >= 11 is 0. The smallest absolute Gasteiger partial charge is 0.320 e. The number of nitrogens with one attached hydrogen (secondary N) is 2. The fourth-order valence-corrected chi connectivity index (χ4v) is 1.60. The molecule has 0 radical (unpaired) electrons. The van der Waals surface area contributed by atoms with Gasteiger partial charge in [0.05, 0.1) is 0 Å². The van der Waals surface area contributed by atoms with Crippen LogP contribution in [0.3, 0.4) is 0 Å². The van der Waals surface area contributed by atoms with E-state index in [1.165, 1.54) is 0 Å². The Labute approximate surface area is 113 Å². The SMILES string of the molecule is Cc1cccc(NC(=O)CCCNC(C)C(=O)O)c1. The van der Waals surface area contributed by atoms with E-state index >= 15 is 0 Å². The molecule has 0 spiro atoms. The third-order valence-electron chi connectivity index (χ3n) is 2.70. The average molecular weight is 264 g/mol. The zero-order valence-electron chi connectivity index (χ0n) is 11.3. The molecule has 0 aliphatic heterocycles. The molecule has 1 aromatic rings. The summed E-state index contributed by atoms with van der Waals surface area (Å²) in [5.41, 5.74) is 1.88. The molecule has 0 aliphatic rings. The quantitative estimate of drug-likeness (QED) is 0.656. The lowest BCUT2D eigenvalue weighted by atomic mass is 10.2. The van der Waals surface area contributed by atoms with Gasteiger partial charge in [-0.1, -0.05) is 12.1 Å². The molecule has 0 saturated heterocycles. The normalized spacial score (nSPS) is 11.9. The first-order chi connectivity index (χ1) is 8.99. The Balaban J connectivity index is 2.23. The lowest BCUT2D eigenvalue weighted by Gasteiger charge is -2.09. The Morgan fingerprint density at radius 2 is 2.11 bits per heavy atom. The number of hydrogen-bond acceptors (Lipinski definition) is 3. The predicted octanol–water partition coefficient (Wildman–Crippen LogP) is 1.78. The summed E-state index contributed by atoms with van der Waals surface area (Å²) in [4.78, 5) is 22.2. The topological polar surface area (TPSA) is 78.4 Å². The third kappa shape index (κ3) is 6.01. The molecule has 1 aromatic carbocycles. The number of aliphatic carboxylic acids is 1. The van der Waals surface area contributed by atoms with Crippen molar-refractivity contribution in [1.29, 1.82) is 0 Å². The number of carboxylic acid groups (broad SMARTS) is 1. The maximum atomic E-state index is 11.6. The van der Waals surface area contributed by atoms with E-state index in [2.05, 4.69) is 10.6 Å². The standard InChI is InChI=1S/C14H20N2O3/c1-10-5-3-6-12(9-10)16-13(17)7-4-8-15-11(2)14(18)19/h3,5-6,9,11,15H,4,7-8H2,1-2H3,(H,16,17)(H,18,19). The van der Waals surface area contributed by atoms with E-state index in [0.717, 1.165) is 11.3 Å². The first-order valence-corrected chi connectivity index (χ1v) is 6.32. The molecule has 0 bridgehead atoms. The van der Waals surface area contributed by atoms with Gasteiger partial charge in [0.1, 0.15) is 6.04 Å². The molecular formula is C14H20N2O3. The molecule has 5 heteroatoms. The van der Waals surface area contributed by atoms with E-state index in [4.69, 9.17) is 5.11 Å². The summed E-state index contributed by atoms with van der Waals surface area (Å²) < 4.78 is 0. The van der Waals surface area contributed by atoms with Crippen molar-refractivity contribution in [3.05, 3.63) is 29.8 Å². The lowest BCUT2D eigenvalue weighted by molar-refractivity contribution is -0.138. The Bertz CT molecular complexity index is 446. The van der Waals surface area contributed by atoms with Gasteiger partial charge in [0, 0.05) is 12.1 Å². The monoisotopic (exact) mass is 264 g/mol. The fourth-order valence-electron chi connectivity index (χ4n) is 1.60. The number of rotatable bonds is 7. The summed E-state index contributed by atoms with van der Waals surface area (Å²) in [6.45, 7) is 4.05. The molecular weight excluding hydrogens is 244 g/mol. The first kappa shape index (κ1) is 15.2. The minimum absolute atomic E-state index is 0.0598. The number of benzene rings is 1. The van der Waals surface area contributed by atoms with Crippen LogP contribution < -0.4 is 10.6 Å². The van der Waals surface area contributed by atoms with Crippen molar-refractivity contribution >= 4 is 17.6 Å². The summed E-state index contributed by atoms with van der Waals surface area (Å²) in [7, 11) is 0. The number of carbonyl (C=O) groups excluding carboxylic acids is 1. The van der Waals surface area contributed by atoms with Crippen molar-refractivity contribution < 1.29 is 14.7 Å². The molecule has 1 unspecified atom stereocenters. The van der Waals surface area contributed by atoms with Gasteiger partial charge >= 0.3 is 5.97 Å². The second-order valence-electron chi connectivity index (χ2n) is 4.54. The number of anilines is 1. The Hall–Kier alpha value is -1.88. The van der Waals surface area contributed by atoms with Crippen LogP contribution in [0.1, 0.15) is 25.3 Å². The van der Waals surface area contributed by atoms with Crippen LogP contribution >= 0.6 is 0 Å². The van der Waals surface area contributed by atoms with Crippen molar-refractivity contribution in [1.82, 2.24) is 5.32 Å². The highest BCUT2D eigenvalue weighted by molar-refractivity contribution is 5.90. The van der Waals surface area contributed by atoms with Gasteiger partial charge in [-0.15, -0.1) is 0 Å². The predicted molar refractivity (Wildman–Crippen MR) is 74.1 cm³/mol. The van der Waals surface area contributed by atoms with Crippen LogP contribution in [0.15, 0.2) is 24.3 Å². The van der Waals surface area contributed by atoms with E-state index in [9.17, 15) is 9.59 Å². The molecule has 19 heavy (non-hydrogen) atoms. The third-order valence-corrected chi connectivity index (χ3v) is 2.70. The fraction of sp³-hybridized carbons (Fsp3) is 0.429. The van der Waals surface area contributed by atoms with Crippen molar-refractivity contribution in [2.24, 2.45) is 0 Å². The molecule has 0 fully saturated rings. The van der Waals surface area contributed by atoms with Gasteiger partial charge in [-0.2, -0.15) is 0 Å². The van der Waals surface area contributed by atoms with Gasteiger partial charge < -0.3 is 15.7 Å². The van der Waals surface area contributed by atoms with Gasteiger partial charge in [-0.3, -0.25) is 9.59 Å². The van der Waals surface area contributed by atoms with Crippen molar-refractivity contribution in [2.45, 2.75) is 32.7 Å². The first-order valence-electron chi connectivity index (χ1n) is 6.32. The molecule has 1 rings (SSSR count). The van der Waals surface area contributed by atoms with Gasteiger partial charge in [0.2, 0.25) is 5.91 Å². The molecule has 1 atom stereocenters. The maximum Gasteiger partial charge on any atom is 0.320 e. The van der Waals surface area contributed by atoms with Crippen molar-refractivity contribution in [3.63, 3.8) is 0 Å². The van der Waals surface area contributed by atoms with Crippen LogP contribution in [-0.2, 0) is 9.59 Å². The lowest BCUT2D eigenvalue weighted by Crippen LogP contribution is -2.34. The number of aryl methyl sites for hydroxylation is 1. The molecule has 3 N–H and O–H groups in total. The highest BCUT2D eigenvalue weighted by Crippen LogP contribution is 2.09. The molecule has 0 aliphatic carbocycles. The van der Waals surface area contributed by atoms with E-state index < -0.39 is 12.0 Å². The zero-order valence-corrected chi connectivity index (χ0v) is 11.3. The minimum Gasteiger partial charge on any atom is -0.480 e. The van der Waals surface area contributed by atoms with E-state index in [0.29, 0.717) is 19.4 Å². The summed E-state index contributed by atoms with van der Waals surface area (Å²) in [6, 6.07) is 7.02. The van der Waals surface area contributed by atoms with Crippen LogP contribution in [0, 0.1) is 6.92 Å². The van der Waals surface area contributed by atoms with Crippen LogP contribution in [-0.4, -0.2) is 29.6 Å². The number of amides is 1. The molecule has 0 heterocycles. The van der Waals surface area contributed by atoms with Crippen molar-refractivity contribution in [2.75, 3.05) is 11.9 Å². The molecule has 0 saturated carbocycles. The zero-order chi connectivity index (χ0) is 14.3. The minimum atomic E-state index is -0.885. The molecule has 5 nitrogen and oxygen atoms in total. The van der Waals surface area contributed by atoms with E-state index in [-0.39, 0.29) is 5.91 Å². The Morgan fingerprint density at radius 1 is 1.37 bits per heavy atom. The maximum absolute atomic E-state index is 11.6. The summed E-state index contributed by atoms with van der Waals surface area (Å²) in [5.74, 6) is -0.945.